The minimum Gasteiger partial charge on any atom is -0.490 e. The Labute approximate surface area is 213 Å². The van der Waals surface area contributed by atoms with Gasteiger partial charge in [0.1, 0.15) is 6.61 Å². The van der Waals surface area contributed by atoms with Crippen LogP contribution in [-0.4, -0.2) is 24.6 Å². The van der Waals surface area contributed by atoms with Crippen LogP contribution in [0, 0.1) is 20.8 Å². The first kappa shape index (κ1) is 26.0. The molecule has 0 aliphatic heterocycles. The van der Waals surface area contributed by atoms with Crippen molar-refractivity contribution in [1.82, 2.24) is 5.43 Å². The Morgan fingerprint density at radius 1 is 0.943 bits per heavy atom. The van der Waals surface area contributed by atoms with Crippen LogP contribution in [0.15, 0.2) is 64.2 Å². The Hall–Kier alpha value is -3.65. The van der Waals surface area contributed by atoms with Crippen LogP contribution in [0.25, 0.3) is 0 Å². The first-order valence-corrected chi connectivity index (χ1v) is 11.9. The number of hydrogen-bond acceptors (Lipinski definition) is 5. The number of ether oxygens (including phenoxy) is 2. The fourth-order valence-corrected chi connectivity index (χ4v) is 3.83. The lowest BCUT2D eigenvalue weighted by molar-refractivity contribution is -0.136. The molecule has 0 atom stereocenters. The van der Waals surface area contributed by atoms with E-state index in [0.717, 1.165) is 16.7 Å². The normalized spacial score (nSPS) is 10.8. The molecule has 0 saturated carbocycles. The van der Waals surface area contributed by atoms with Crippen LogP contribution < -0.4 is 20.2 Å². The maximum atomic E-state index is 12.2. The number of carbonyl (C=O) groups is 2. The third kappa shape index (κ3) is 7.42. The van der Waals surface area contributed by atoms with Crippen molar-refractivity contribution in [2.75, 3.05) is 11.9 Å². The molecule has 0 bridgehead atoms. The maximum absolute atomic E-state index is 12.2. The number of aryl methyl sites for hydroxylation is 3. The number of rotatable bonds is 8. The molecule has 7 nitrogen and oxygen atoms in total. The summed E-state index contributed by atoms with van der Waals surface area (Å²) < 4.78 is 12.4. The van der Waals surface area contributed by atoms with E-state index in [-0.39, 0.29) is 0 Å². The van der Waals surface area contributed by atoms with E-state index in [1.54, 1.807) is 18.2 Å². The highest BCUT2D eigenvalue weighted by Crippen LogP contribution is 2.37. The van der Waals surface area contributed by atoms with E-state index in [1.807, 2.05) is 64.1 Å². The second-order valence-electron chi connectivity index (χ2n) is 8.01. The third-order valence-corrected chi connectivity index (χ3v) is 5.64. The van der Waals surface area contributed by atoms with Gasteiger partial charge in [0.15, 0.2) is 11.5 Å². The molecule has 182 valence electrons. The monoisotopic (exact) mass is 537 g/mol. The van der Waals surface area contributed by atoms with Crippen LogP contribution in [0.3, 0.4) is 0 Å². The largest absolute Gasteiger partial charge is 0.490 e. The molecule has 0 aliphatic rings. The Morgan fingerprint density at radius 3 is 2.34 bits per heavy atom. The molecule has 3 aromatic rings. The van der Waals surface area contributed by atoms with Crippen molar-refractivity contribution in [1.29, 1.82) is 0 Å². The smallest absolute Gasteiger partial charge is 0.329 e. The number of halogens is 1. The lowest BCUT2D eigenvalue weighted by Gasteiger charge is -2.15. The Morgan fingerprint density at radius 2 is 1.66 bits per heavy atom. The lowest BCUT2D eigenvalue weighted by Crippen LogP contribution is -2.32. The van der Waals surface area contributed by atoms with Gasteiger partial charge in [-0.2, -0.15) is 5.10 Å². The average Bonchev–Trinajstić information content (AvgIpc) is 2.81. The van der Waals surface area contributed by atoms with E-state index in [0.29, 0.717) is 40.4 Å². The minimum atomic E-state index is -0.872. The van der Waals surface area contributed by atoms with Gasteiger partial charge in [-0.1, -0.05) is 47.5 Å². The molecular weight excluding hydrogens is 510 g/mol. The first-order chi connectivity index (χ1) is 16.8. The number of nitrogens with zero attached hydrogens (tertiary/aromatic N) is 1. The molecule has 2 N–H and O–H groups in total. The molecule has 3 aromatic carbocycles. The Kier molecular flexibility index (Phi) is 9.03. The fourth-order valence-electron chi connectivity index (χ4n) is 3.25. The summed E-state index contributed by atoms with van der Waals surface area (Å²) in [4.78, 5) is 24.4. The van der Waals surface area contributed by atoms with Gasteiger partial charge in [-0.05, 0) is 78.5 Å². The fraction of sp³-hybridized carbons (Fsp3) is 0.222. The number of carbonyl (C=O) groups excluding carboxylic acids is 2. The predicted molar refractivity (Wildman–Crippen MR) is 141 cm³/mol. The zero-order valence-electron chi connectivity index (χ0n) is 20.1. The molecule has 8 heteroatoms. The van der Waals surface area contributed by atoms with Crippen molar-refractivity contribution in [3.8, 4) is 11.5 Å². The standard InChI is InChI=1S/C27H28BrN3O4/c1-5-34-24-14-21(13-22(28)25(24)35-16-20-9-6-17(2)7-10-20)15-29-31-27(33)26(32)30-23-11-8-18(3)12-19(23)4/h6-15H,5,16H2,1-4H3,(H,30,32)(H,31,33)/b29-15+. The van der Waals surface area contributed by atoms with Crippen LogP contribution >= 0.6 is 15.9 Å². The van der Waals surface area contributed by atoms with Gasteiger partial charge in [0.05, 0.1) is 17.3 Å². The van der Waals surface area contributed by atoms with Crippen LogP contribution in [0.4, 0.5) is 5.69 Å². The third-order valence-electron chi connectivity index (χ3n) is 5.05. The number of hydrazone groups is 1. The first-order valence-electron chi connectivity index (χ1n) is 11.1. The van der Waals surface area contributed by atoms with Crippen molar-refractivity contribution in [2.24, 2.45) is 5.10 Å². The minimum absolute atomic E-state index is 0.387. The van der Waals surface area contributed by atoms with E-state index < -0.39 is 11.8 Å². The number of anilines is 1. The van der Waals surface area contributed by atoms with Crippen LogP contribution in [0.2, 0.25) is 0 Å². The Bertz CT molecular complexity index is 1240. The van der Waals surface area contributed by atoms with Crippen molar-refractivity contribution in [3.05, 3.63) is 86.9 Å². The van der Waals surface area contributed by atoms with Gasteiger partial charge in [0.2, 0.25) is 0 Å². The summed E-state index contributed by atoms with van der Waals surface area (Å²) >= 11 is 3.53. The van der Waals surface area contributed by atoms with Crippen molar-refractivity contribution >= 4 is 39.6 Å². The number of benzene rings is 3. The van der Waals surface area contributed by atoms with Crippen molar-refractivity contribution < 1.29 is 19.1 Å². The SMILES string of the molecule is CCOc1cc(/C=N/NC(=O)C(=O)Nc2ccc(C)cc2C)cc(Br)c1OCc1ccc(C)cc1. The lowest BCUT2D eigenvalue weighted by atomic mass is 10.1. The molecule has 0 radical (unpaired) electrons. The van der Waals surface area contributed by atoms with E-state index in [9.17, 15) is 9.59 Å². The van der Waals surface area contributed by atoms with Gasteiger partial charge in [0, 0.05) is 5.69 Å². The molecule has 2 amide bonds. The zero-order valence-corrected chi connectivity index (χ0v) is 21.7. The number of hydrogen-bond donors (Lipinski definition) is 2. The summed E-state index contributed by atoms with van der Waals surface area (Å²) in [5, 5.41) is 6.50. The molecule has 0 unspecified atom stereocenters. The van der Waals surface area contributed by atoms with Crippen molar-refractivity contribution in [3.63, 3.8) is 0 Å². The van der Waals surface area contributed by atoms with E-state index in [4.69, 9.17) is 9.47 Å². The highest BCUT2D eigenvalue weighted by Gasteiger charge is 2.15. The summed E-state index contributed by atoms with van der Waals surface area (Å²) in [5.41, 5.74) is 7.64. The average molecular weight is 538 g/mol. The second kappa shape index (κ2) is 12.2. The highest BCUT2D eigenvalue weighted by molar-refractivity contribution is 9.10. The van der Waals surface area contributed by atoms with Gasteiger partial charge in [-0.25, -0.2) is 5.43 Å². The molecule has 0 saturated heterocycles. The van der Waals surface area contributed by atoms with Crippen LogP contribution in [-0.2, 0) is 16.2 Å². The van der Waals surface area contributed by atoms with E-state index in [2.05, 4.69) is 31.8 Å². The summed E-state index contributed by atoms with van der Waals surface area (Å²) in [6.07, 6.45) is 1.43. The van der Waals surface area contributed by atoms with Gasteiger partial charge in [0.25, 0.3) is 0 Å². The topological polar surface area (TPSA) is 89.0 Å². The molecule has 0 fully saturated rings. The van der Waals surface area contributed by atoms with E-state index in [1.165, 1.54) is 11.8 Å². The predicted octanol–water partition coefficient (Wildman–Crippen LogP) is 5.44. The molecule has 35 heavy (non-hydrogen) atoms. The summed E-state index contributed by atoms with van der Waals surface area (Å²) in [5.74, 6) is -0.565. The summed E-state index contributed by atoms with van der Waals surface area (Å²) in [6.45, 7) is 8.57. The van der Waals surface area contributed by atoms with E-state index >= 15 is 0 Å². The molecule has 0 aliphatic carbocycles. The van der Waals surface area contributed by atoms with Crippen LogP contribution in [0.5, 0.6) is 11.5 Å². The molecule has 3 rings (SSSR count). The van der Waals surface area contributed by atoms with Crippen LogP contribution in [0.1, 0.15) is 34.7 Å². The molecule has 0 aromatic heterocycles. The summed E-state index contributed by atoms with van der Waals surface area (Å²) in [6, 6.07) is 17.2. The van der Waals surface area contributed by atoms with Gasteiger partial charge >= 0.3 is 11.8 Å². The Balaban J connectivity index is 1.65. The molecule has 0 spiro atoms. The quantitative estimate of drug-likeness (QED) is 0.227. The molecular formula is C27H28BrN3O4. The number of nitrogens with one attached hydrogen (secondary N) is 2. The van der Waals surface area contributed by atoms with Gasteiger partial charge in [-0.3, -0.25) is 9.59 Å². The highest BCUT2D eigenvalue weighted by atomic mass is 79.9. The molecule has 0 heterocycles. The maximum Gasteiger partial charge on any atom is 0.329 e. The summed E-state index contributed by atoms with van der Waals surface area (Å²) in [7, 11) is 0. The second-order valence-corrected chi connectivity index (χ2v) is 8.86. The van der Waals surface area contributed by atoms with Gasteiger partial charge in [-0.15, -0.1) is 0 Å². The number of amides is 2. The zero-order chi connectivity index (χ0) is 25.4. The van der Waals surface area contributed by atoms with Crippen molar-refractivity contribution in [2.45, 2.75) is 34.3 Å². The van der Waals surface area contributed by atoms with Gasteiger partial charge < -0.3 is 14.8 Å².